The van der Waals surface area contributed by atoms with E-state index in [1.165, 1.54) is 5.56 Å². The Labute approximate surface area is 136 Å². The van der Waals surface area contributed by atoms with Crippen LogP contribution in [0.1, 0.15) is 29.3 Å². The van der Waals surface area contributed by atoms with E-state index < -0.39 is 0 Å². The smallest absolute Gasteiger partial charge is 0.259 e. The van der Waals surface area contributed by atoms with Gasteiger partial charge in [0.05, 0.1) is 12.7 Å². The Kier molecular flexibility index (Phi) is 5.90. The maximum atomic E-state index is 12.4. The van der Waals surface area contributed by atoms with E-state index in [-0.39, 0.29) is 5.91 Å². The fourth-order valence-corrected chi connectivity index (χ4v) is 2.66. The molecule has 1 N–H and O–H groups in total. The SMILES string of the molecule is CCCc1ccc(NC(=O)c2ccc(SC)cc2OC)cc1. The van der Waals surface area contributed by atoms with Gasteiger partial charge in [-0.05, 0) is 48.6 Å². The molecule has 4 heteroatoms. The number of amides is 1. The van der Waals surface area contributed by atoms with Gasteiger partial charge >= 0.3 is 0 Å². The Bertz CT molecular complexity index is 638. The van der Waals surface area contributed by atoms with Crippen LogP contribution in [-0.4, -0.2) is 19.3 Å². The molecule has 0 aliphatic carbocycles. The normalized spacial score (nSPS) is 10.3. The number of methoxy groups -OCH3 is 1. The van der Waals surface area contributed by atoms with Gasteiger partial charge in [-0.2, -0.15) is 0 Å². The molecule has 0 spiro atoms. The van der Waals surface area contributed by atoms with Gasteiger partial charge in [-0.1, -0.05) is 25.5 Å². The molecule has 0 aliphatic heterocycles. The lowest BCUT2D eigenvalue weighted by molar-refractivity contribution is 0.102. The third-order valence-electron chi connectivity index (χ3n) is 3.40. The number of carbonyl (C=O) groups excluding carboxylic acids is 1. The zero-order valence-electron chi connectivity index (χ0n) is 13.2. The van der Waals surface area contributed by atoms with Crippen molar-refractivity contribution in [3.8, 4) is 5.75 Å². The quantitative estimate of drug-likeness (QED) is 0.790. The standard InChI is InChI=1S/C18H21NO2S/c1-4-5-13-6-8-14(9-7-13)19-18(20)16-11-10-15(22-3)12-17(16)21-2/h6-12H,4-5H2,1-3H3,(H,19,20). The molecule has 0 bridgehead atoms. The fourth-order valence-electron chi connectivity index (χ4n) is 2.23. The van der Waals surface area contributed by atoms with Crippen LogP contribution < -0.4 is 10.1 Å². The molecular weight excluding hydrogens is 294 g/mol. The third-order valence-corrected chi connectivity index (χ3v) is 4.13. The molecular formula is C18H21NO2S. The number of rotatable bonds is 6. The number of nitrogens with one attached hydrogen (secondary N) is 1. The van der Waals surface area contributed by atoms with E-state index >= 15 is 0 Å². The first-order valence-electron chi connectivity index (χ1n) is 7.30. The number of hydrogen-bond donors (Lipinski definition) is 1. The highest BCUT2D eigenvalue weighted by Gasteiger charge is 2.13. The van der Waals surface area contributed by atoms with Gasteiger partial charge < -0.3 is 10.1 Å². The first kappa shape index (κ1) is 16.4. The Morgan fingerprint density at radius 2 is 1.91 bits per heavy atom. The summed E-state index contributed by atoms with van der Waals surface area (Å²) in [6.45, 7) is 2.15. The van der Waals surface area contributed by atoms with Gasteiger partial charge in [0.1, 0.15) is 5.75 Å². The van der Waals surface area contributed by atoms with Crippen molar-refractivity contribution in [1.29, 1.82) is 0 Å². The number of anilines is 1. The number of ether oxygens (including phenoxy) is 1. The zero-order chi connectivity index (χ0) is 15.9. The summed E-state index contributed by atoms with van der Waals surface area (Å²) in [5.41, 5.74) is 2.61. The lowest BCUT2D eigenvalue weighted by Gasteiger charge is -2.11. The maximum Gasteiger partial charge on any atom is 0.259 e. The maximum absolute atomic E-state index is 12.4. The van der Waals surface area contributed by atoms with E-state index in [0.29, 0.717) is 11.3 Å². The van der Waals surface area contributed by atoms with Crippen molar-refractivity contribution < 1.29 is 9.53 Å². The first-order chi connectivity index (χ1) is 10.7. The van der Waals surface area contributed by atoms with Crippen LogP contribution in [0.15, 0.2) is 47.4 Å². The first-order valence-corrected chi connectivity index (χ1v) is 8.52. The molecule has 116 valence electrons. The molecule has 0 unspecified atom stereocenters. The average molecular weight is 315 g/mol. The van der Waals surface area contributed by atoms with E-state index in [9.17, 15) is 4.79 Å². The molecule has 0 atom stereocenters. The van der Waals surface area contributed by atoms with Crippen LogP contribution in [0.3, 0.4) is 0 Å². The second-order valence-electron chi connectivity index (χ2n) is 4.97. The molecule has 0 aliphatic rings. The molecule has 2 rings (SSSR count). The van der Waals surface area contributed by atoms with Gasteiger partial charge in [0.2, 0.25) is 0 Å². The number of benzene rings is 2. The number of aryl methyl sites for hydroxylation is 1. The lowest BCUT2D eigenvalue weighted by atomic mass is 10.1. The predicted octanol–water partition coefficient (Wildman–Crippen LogP) is 4.62. The summed E-state index contributed by atoms with van der Waals surface area (Å²) >= 11 is 1.62. The van der Waals surface area contributed by atoms with Crippen LogP contribution in [0.4, 0.5) is 5.69 Å². The Morgan fingerprint density at radius 3 is 2.50 bits per heavy atom. The second-order valence-corrected chi connectivity index (χ2v) is 5.85. The molecule has 0 fully saturated rings. The minimum absolute atomic E-state index is 0.159. The molecule has 22 heavy (non-hydrogen) atoms. The van der Waals surface area contributed by atoms with E-state index in [0.717, 1.165) is 23.4 Å². The molecule has 0 aromatic heterocycles. The summed E-state index contributed by atoms with van der Waals surface area (Å²) in [6.07, 6.45) is 4.16. The minimum Gasteiger partial charge on any atom is -0.496 e. The molecule has 0 saturated heterocycles. The highest BCUT2D eigenvalue weighted by molar-refractivity contribution is 7.98. The van der Waals surface area contributed by atoms with Crippen LogP contribution in [0.2, 0.25) is 0 Å². The van der Waals surface area contributed by atoms with Gasteiger partial charge in [0.25, 0.3) is 5.91 Å². The van der Waals surface area contributed by atoms with Crippen LogP contribution in [0, 0.1) is 0 Å². The molecule has 0 radical (unpaired) electrons. The topological polar surface area (TPSA) is 38.3 Å². The number of carbonyl (C=O) groups is 1. The lowest BCUT2D eigenvalue weighted by Crippen LogP contribution is -2.13. The van der Waals surface area contributed by atoms with Crippen molar-refractivity contribution in [2.75, 3.05) is 18.7 Å². The van der Waals surface area contributed by atoms with Crippen LogP contribution in [0.5, 0.6) is 5.75 Å². The van der Waals surface area contributed by atoms with Crippen LogP contribution in [0.25, 0.3) is 0 Å². The van der Waals surface area contributed by atoms with Crippen molar-refractivity contribution in [2.45, 2.75) is 24.7 Å². The van der Waals surface area contributed by atoms with Gasteiger partial charge in [-0.25, -0.2) is 0 Å². The van der Waals surface area contributed by atoms with E-state index in [1.54, 1.807) is 24.9 Å². The Hall–Kier alpha value is -1.94. The largest absolute Gasteiger partial charge is 0.496 e. The Balaban J connectivity index is 2.14. The highest BCUT2D eigenvalue weighted by atomic mass is 32.2. The van der Waals surface area contributed by atoms with Gasteiger partial charge in [-0.15, -0.1) is 11.8 Å². The van der Waals surface area contributed by atoms with Gasteiger partial charge in [0.15, 0.2) is 0 Å². The molecule has 2 aromatic rings. The predicted molar refractivity (Wildman–Crippen MR) is 93.2 cm³/mol. The number of thioether (sulfide) groups is 1. The van der Waals surface area contributed by atoms with Gasteiger partial charge in [0, 0.05) is 10.6 Å². The molecule has 3 nitrogen and oxygen atoms in total. The molecule has 0 heterocycles. The second kappa shape index (κ2) is 7.90. The van der Waals surface area contributed by atoms with Crippen molar-refractivity contribution in [1.82, 2.24) is 0 Å². The Morgan fingerprint density at radius 1 is 1.18 bits per heavy atom. The molecule has 0 saturated carbocycles. The van der Waals surface area contributed by atoms with Crippen molar-refractivity contribution in [3.63, 3.8) is 0 Å². The van der Waals surface area contributed by atoms with Crippen LogP contribution >= 0.6 is 11.8 Å². The van der Waals surface area contributed by atoms with Gasteiger partial charge in [-0.3, -0.25) is 4.79 Å². The van der Waals surface area contributed by atoms with Crippen LogP contribution in [-0.2, 0) is 6.42 Å². The van der Waals surface area contributed by atoms with Crippen molar-refractivity contribution in [2.24, 2.45) is 0 Å². The van der Waals surface area contributed by atoms with E-state index in [1.807, 2.05) is 42.7 Å². The van der Waals surface area contributed by atoms with E-state index in [2.05, 4.69) is 12.2 Å². The summed E-state index contributed by atoms with van der Waals surface area (Å²) in [4.78, 5) is 13.5. The summed E-state index contributed by atoms with van der Waals surface area (Å²) in [5, 5.41) is 2.91. The summed E-state index contributed by atoms with van der Waals surface area (Å²) in [7, 11) is 1.58. The summed E-state index contributed by atoms with van der Waals surface area (Å²) in [5.74, 6) is 0.430. The highest BCUT2D eigenvalue weighted by Crippen LogP contribution is 2.26. The van der Waals surface area contributed by atoms with E-state index in [4.69, 9.17) is 4.74 Å². The monoisotopic (exact) mass is 315 g/mol. The fraction of sp³-hybridized carbons (Fsp3) is 0.278. The van der Waals surface area contributed by atoms with Crippen molar-refractivity contribution >= 4 is 23.4 Å². The average Bonchev–Trinajstić information content (AvgIpc) is 2.56. The molecule has 1 amide bonds. The minimum atomic E-state index is -0.159. The third kappa shape index (κ3) is 4.04. The summed E-state index contributed by atoms with van der Waals surface area (Å²) in [6, 6.07) is 13.6. The zero-order valence-corrected chi connectivity index (χ0v) is 14.0. The molecule has 2 aromatic carbocycles. The summed E-state index contributed by atoms with van der Waals surface area (Å²) < 4.78 is 5.32. The number of hydrogen-bond acceptors (Lipinski definition) is 3. The van der Waals surface area contributed by atoms with Crippen molar-refractivity contribution in [3.05, 3.63) is 53.6 Å².